The molecule has 1 fully saturated rings. The van der Waals surface area contributed by atoms with Gasteiger partial charge in [-0.1, -0.05) is 11.6 Å². The molecule has 90 valence electrons. The van der Waals surface area contributed by atoms with Crippen LogP contribution >= 0.6 is 11.8 Å². The van der Waals surface area contributed by atoms with Gasteiger partial charge in [-0.15, -0.1) is 0 Å². The van der Waals surface area contributed by atoms with Crippen LogP contribution in [0, 0.1) is 13.8 Å². The second kappa shape index (κ2) is 4.80. The van der Waals surface area contributed by atoms with Gasteiger partial charge in [0.05, 0.1) is 5.69 Å². The fourth-order valence-electron chi connectivity index (χ4n) is 2.19. The Labute approximate surface area is 101 Å². The van der Waals surface area contributed by atoms with Crippen molar-refractivity contribution >= 4 is 11.8 Å². The van der Waals surface area contributed by atoms with Gasteiger partial charge >= 0.3 is 0 Å². The van der Waals surface area contributed by atoms with Crippen LogP contribution in [0.4, 0.5) is 0 Å². The summed E-state index contributed by atoms with van der Waals surface area (Å²) in [6, 6.07) is 0. The second-order valence-electron chi connectivity index (χ2n) is 4.65. The zero-order valence-electron chi connectivity index (χ0n) is 10.3. The van der Waals surface area contributed by atoms with E-state index in [2.05, 4.69) is 16.7 Å². The summed E-state index contributed by atoms with van der Waals surface area (Å²) in [5, 5.41) is 7.51. The number of nitrogens with one attached hydrogen (secondary N) is 1. The molecule has 0 radical (unpaired) electrons. The minimum absolute atomic E-state index is 0.499. The van der Waals surface area contributed by atoms with Crippen molar-refractivity contribution in [3.8, 4) is 0 Å². The lowest BCUT2D eigenvalue weighted by atomic mass is 9.84. The van der Waals surface area contributed by atoms with Crippen LogP contribution in [0.2, 0.25) is 0 Å². The minimum atomic E-state index is 0.499. The first-order valence-electron chi connectivity index (χ1n) is 5.84. The highest BCUT2D eigenvalue weighted by atomic mass is 32.2. The molecule has 1 aliphatic rings. The second-order valence-corrected chi connectivity index (χ2v) is 5.92. The highest BCUT2D eigenvalue weighted by Gasteiger charge is 2.35. The van der Waals surface area contributed by atoms with Crippen molar-refractivity contribution in [1.29, 1.82) is 0 Å². The van der Waals surface area contributed by atoms with Crippen molar-refractivity contribution < 1.29 is 4.52 Å². The minimum Gasteiger partial charge on any atom is -0.361 e. The summed E-state index contributed by atoms with van der Waals surface area (Å²) in [5.74, 6) is 0.941. The van der Waals surface area contributed by atoms with E-state index in [1.165, 1.54) is 24.8 Å². The van der Waals surface area contributed by atoms with Crippen LogP contribution in [0.1, 0.15) is 36.3 Å². The number of nitrogens with zero attached hydrogens (tertiary/aromatic N) is 1. The zero-order valence-corrected chi connectivity index (χ0v) is 11.1. The lowest BCUT2D eigenvalue weighted by Crippen LogP contribution is -2.43. The van der Waals surface area contributed by atoms with Gasteiger partial charge in [-0.3, -0.25) is 0 Å². The number of aryl methyl sites for hydroxylation is 2. The Bertz CT molecular complexity index is 333. The first-order valence-corrected chi connectivity index (χ1v) is 7.07. The van der Waals surface area contributed by atoms with E-state index in [4.69, 9.17) is 4.52 Å². The molecule has 0 aliphatic heterocycles. The topological polar surface area (TPSA) is 38.1 Å². The fourth-order valence-corrected chi connectivity index (χ4v) is 3.14. The maximum absolute atomic E-state index is 5.15. The molecule has 0 aromatic carbocycles. The molecule has 1 aliphatic carbocycles. The van der Waals surface area contributed by atoms with Crippen molar-refractivity contribution in [2.24, 2.45) is 0 Å². The first-order chi connectivity index (χ1) is 7.67. The molecule has 0 saturated heterocycles. The van der Waals surface area contributed by atoms with Gasteiger partial charge in [0.1, 0.15) is 5.76 Å². The quantitative estimate of drug-likeness (QED) is 0.858. The number of aromatic nitrogens is 1. The third-order valence-electron chi connectivity index (χ3n) is 3.63. The van der Waals surface area contributed by atoms with Crippen LogP contribution < -0.4 is 5.32 Å². The molecule has 1 saturated carbocycles. The van der Waals surface area contributed by atoms with Gasteiger partial charge in [-0.2, -0.15) is 11.8 Å². The predicted molar refractivity (Wildman–Crippen MR) is 67.8 cm³/mol. The van der Waals surface area contributed by atoms with Gasteiger partial charge < -0.3 is 9.84 Å². The molecule has 3 nitrogen and oxygen atoms in total. The van der Waals surface area contributed by atoms with Gasteiger partial charge in [0.2, 0.25) is 0 Å². The maximum atomic E-state index is 5.15. The molecule has 0 amide bonds. The summed E-state index contributed by atoms with van der Waals surface area (Å²) in [7, 11) is 0. The van der Waals surface area contributed by atoms with Crippen LogP contribution in [-0.4, -0.2) is 22.7 Å². The van der Waals surface area contributed by atoms with Crippen molar-refractivity contribution in [3.05, 3.63) is 17.0 Å². The molecule has 0 bridgehead atoms. The van der Waals surface area contributed by atoms with E-state index >= 15 is 0 Å². The van der Waals surface area contributed by atoms with Gasteiger partial charge in [-0.05, 0) is 32.9 Å². The Hall–Kier alpha value is -0.480. The van der Waals surface area contributed by atoms with E-state index in [1.54, 1.807) is 0 Å². The smallest absolute Gasteiger partial charge is 0.138 e. The van der Waals surface area contributed by atoms with Gasteiger partial charge in [0, 0.05) is 23.4 Å². The number of hydrogen-bond acceptors (Lipinski definition) is 4. The summed E-state index contributed by atoms with van der Waals surface area (Å²) in [5.41, 5.74) is 2.23. The SMILES string of the molecule is CSC1(CNCc2c(C)noc2C)CCC1. The molecular formula is C12H20N2OS. The van der Waals surface area contributed by atoms with Gasteiger partial charge in [-0.25, -0.2) is 0 Å². The van der Waals surface area contributed by atoms with E-state index in [0.29, 0.717) is 4.75 Å². The number of thioether (sulfide) groups is 1. The Kier molecular flexibility index (Phi) is 3.60. The molecule has 2 rings (SSSR count). The maximum Gasteiger partial charge on any atom is 0.138 e. The van der Waals surface area contributed by atoms with Crippen molar-refractivity contribution in [3.63, 3.8) is 0 Å². The summed E-state index contributed by atoms with van der Waals surface area (Å²) in [4.78, 5) is 0. The molecule has 4 heteroatoms. The van der Waals surface area contributed by atoms with E-state index in [9.17, 15) is 0 Å². The fraction of sp³-hybridized carbons (Fsp3) is 0.750. The van der Waals surface area contributed by atoms with Crippen LogP contribution in [0.5, 0.6) is 0 Å². The van der Waals surface area contributed by atoms with Crippen LogP contribution in [0.25, 0.3) is 0 Å². The van der Waals surface area contributed by atoms with E-state index < -0.39 is 0 Å². The lowest BCUT2D eigenvalue weighted by Gasteiger charge is -2.40. The average molecular weight is 240 g/mol. The van der Waals surface area contributed by atoms with Crippen LogP contribution in [-0.2, 0) is 6.54 Å². The third kappa shape index (κ3) is 2.28. The highest BCUT2D eigenvalue weighted by Crippen LogP contribution is 2.42. The summed E-state index contributed by atoms with van der Waals surface area (Å²) in [6.45, 7) is 5.95. The van der Waals surface area contributed by atoms with Crippen molar-refractivity contribution in [1.82, 2.24) is 10.5 Å². The van der Waals surface area contributed by atoms with Gasteiger partial charge in [0.25, 0.3) is 0 Å². The monoisotopic (exact) mass is 240 g/mol. The number of rotatable bonds is 5. The Morgan fingerprint density at radius 1 is 1.44 bits per heavy atom. The molecular weight excluding hydrogens is 220 g/mol. The van der Waals surface area contributed by atoms with Crippen molar-refractivity contribution in [2.75, 3.05) is 12.8 Å². The zero-order chi connectivity index (χ0) is 11.6. The van der Waals surface area contributed by atoms with Crippen LogP contribution in [0.3, 0.4) is 0 Å². The molecule has 1 N–H and O–H groups in total. The summed E-state index contributed by atoms with van der Waals surface area (Å²) < 4.78 is 5.65. The van der Waals surface area contributed by atoms with E-state index in [0.717, 1.165) is 24.5 Å². The molecule has 0 unspecified atom stereocenters. The Balaban J connectivity index is 1.84. The summed E-state index contributed by atoms with van der Waals surface area (Å²) >= 11 is 2.00. The van der Waals surface area contributed by atoms with E-state index in [1.807, 2.05) is 25.6 Å². The Morgan fingerprint density at radius 3 is 2.62 bits per heavy atom. The number of hydrogen-bond donors (Lipinski definition) is 1. The lowest BCUT2D eigenvalue weighted by molar-refractivity contribution is 0.344. The largest absolute Gasteiger partial charge is 0.361 e. The van der Waals surface area contributed by atoms with Crippen LogP contribution in [0.15, 0.2) is 4.52 Å². The molecule has 0 atom stereocenters. The normalized spacial score (nSPS) is 18.4. The van der Waals surface area contributed by atoms with E-state index in [-0.39, 0.29) is 0 Å². The molecule has 1 heterocycles. The molecule has 1 aromatic heterocycles. The highest BCUT2D eigenvalue weighted by molar-refractivity contribution is 8.00. The predicted octanol–water partition coefficient (Wildman–Crippen LogP) is 2.67. The summed E-state index contributed by atoms with van der Waals surface area (Å²) in [6.07, 6.45) is 6.30. The molecule has 16 heavy (non-hydrogen) atoms. The average Bonchev–Trinajstić information content (AvgIpc) is 2.53. The van der Waals surface area contributed by atoms with Gasteiger partial charge in [0.15, 0.2) is 0 Å². The first kappa shape index (κ1) is 12.0. The Morgan fingerprint density at radius 2 is 2.19 bits per heavy atom. The molecule has 0 spiro atoms. The van der Waals surface area contributed by atoms with Crippen molar-refractivity contribution in [2.45, 2.75) is 44.4 Å². The third-order valence-corrected chi connectivity index (χ3v) is 5.05. The standard InChI is InChI=1S/C12H20N2OS/c1-9-11(10(2)15-14-9)7-13-8-12(16-3)5-4-6-12/h13H,4-8H2,1-3H3. The molecule has 1 aromatic rings.